The van der Waals surface area contributed by atoms with Gasteiger partial charge in [0.25, 0.3) is 0 Å². The molecule has 0 aliphatic carbocycles. The fourth-order valence-electron chi connectivity index (χ4n) is 2.52. The van der Waals surface area contributed by atoms with Crippen LogP contribution in [0, 0.1) is 5.92 Å². The van der Waals surface area contributed by atoms with Crippen LogP contribution in [0.15, 0.2) is 22.6 Å². The lowest BCUT2D eigenvalue weighted by Crippen LogP contribution is -2.02. The van der Waals surface area contributed by atoms with Gasteiger partial charge in [-0.1, -0.05) is 33.3 Å². The minimum atomic E-state index is -0.980. The number of rotatable bonds is 6. The van der Waals surface area contributed by atoms with Gasteiger partial charge in [-0.2, -0.15) is 0 Å². The Morgan fingerprint density at radius 1 is 1.35 bits per heavy atom. The van der Waals surface area contributed by atoms with Crippen molar-refractivity contribution in [1.82, 2.24) is 0 Å². The smallest absolute Gasteiger partial charge is 0.372 e. The molecule has 1 heterocycles. The Morgan fingerprint density at radius 2 is 2.10 bits per heavy atom. The van der Waals surface area contributed by atoms with Crippen molar-refractivity contribution in [2.24, 2.45) is 5.92 Å². The molecular formula is C17H22O3. The zero-order valence-corrected chi connectivity index (χ0v) is 12.4. The number of carboxylic acid groups (broad SMARTS) is 1. The van der Waals surface area contributed by atoms with E-state index in [2.05, 4.69) is 26.8 Å². The summed E-state index contributed by atoms with van der Waals surface area (Å²) in [7, 11) is 0. The van der Waals surface area contributed by atoms with Crippen LogP contribution in [0.1, 0.15) is 55.3 Å². The quantitative estimate of drug-likeness (QED) is 0.832. The number of carbonyl (C=O) groups is 1. The molecule has 0 bridgehead atoms. The molecule has 108 valence electrons. The van der Waals surface area contributed by atoms with E-state index in [0.29, 0.717) is 11.5 Å². The van der Waals surface area contributed by atoms with E-state index in [-0.39, 0.29) is 5.76 Å². The third kappa shape index (κ3) is 3.03. The maximum absolute atomic E-state index is 11.3. The molecule has 0 saturated heterocycles. The van der Waals surface area contributed by atoms with Gasteiger partial charge in [0, 0.05) is 10.9 Å². The first kappa shape index (κ1) is 14.6. The standard InChI is InChI=1S/C17H22O3/c1-4-5-6-12-7-8-15-13(10-12)14(9-11(2)3)16(20-15)17(18)19/h7-8,10-11H,4-6,9H2,1-3H3,(H,18,19). The van der Waals surface area contributed by atoms with Gasteiger partial charge in [0.05, 0.1) is 0 Å². The van der Waals surface area contributed by atoms with E-state index in [9.17, 15) is 9.90 Å². The lowest BCUT2D eigenvalue weighted by Gasteiger charge is -2.05. The third-order valence-corrected chi connectivity index (χ3v) is 3.48. The van der Waals surface area contributed by atoms with Crippen LogP contribution in [-0.2, 0) is 12.8 Å². The first-order valence-corrected chi connectivity index (χ1v) is 7.30. The van der Waals surface area contributed by atoms with Gasteiger partial charge in [0.15, 0.2) is 0 Å². The van der Waals surface area contributed by atoms with Crippen LogP contribution in [0.25, 0.3) is 11.0 Å². The number of carboxylic acids is 1. The highest BCUT2D eigenvalue weighted by Crippen LogP contribution is 2.29. The maximum Gasteiger partial charge on any atom is 0.372 e. The highest BCUT2D eigenvalue weighted by atomic mass is 16.4. The lowest BCUT2D eigenvalue weighted by atomic mass is 9.98. The highest BCUT2D eigenvalue weighted by molar-refractivity contribution is 5.95. The number of furan rings is 1. The summed E-state index contributed by atoms with van der Waals surface area (Å²) in [5.74, 6) is -0.485. The molecule has 0 aliphatic rings. The maximum atomic E-state index is 11.3. The van der Waals surface area contributed by atoms with E-state index in [4.69, 9.17) is 4.42 Å². The molecule has 2 aromatic rings. The van der Waals surface area contributed by atoms with Crippen molar-refractivity contribution in [2.75, 3.05) is 0 Å². The number of aryl methyl sites for hydroxylation is 1. The first-order chi connectivity index (χ1) is 9.52. The molecule has 3 nitrogen and oxygen atoms in total. The second-order valence-electron chi connectivity index (χ2n) is 5.75. The number of aromatic carboxylic acids is 1. The Hall–Kier alpha value is -1.77. The molecule has 0 radical (unpaired) electrons. The van der Waals surface area contributed by atoms with E-state index >= 15 is 0 Å². The summed E-state index contributed by atoms with van der Waals surface area (Å²) in [6.07, 6.45) is 4.06. The number of benzene rings is 1. The van der Waals surface area contributed by atoms with Crippen molar-refractivity contribution in [3.8, 4) is 0 Å². The van der Waals surface area contributed by atoms with Gasteiger partial charge in [-0.25, -0.2) is 4.79 Å². The zero-order valence-electron chi connectivity index (χ0n) is 12.4. The lowest BCUT2D eigenvalue weighted by molar-refractivity contribution is 0.0663. The summed E-state index contributed by atoms with van der Waals surface area (Å²) in [5, 5.41) is 10.3. The molecule has 2 rings (SSSR count). The van der Waals surface area contributed by atoms with Crippen LogP contribution >= 0.6 is 0 Å². The molecule has 0 aliphatic heterocycles. The summed E-state index contributed by atoms with van der Waals surface area (Å²) in [6.45, 7) is 6.35. The molecule has 0 amide bonds. The predicted octanol–water partition coefficient (Wildman–Crippen LogP) is 4.67. The van der Waals surface area contributed by atoms with Gasteiger partial charge in [0.1, 0.15) is 5.58 Å². The highest BCUT2D eigenvalue weighted by Gasteiger charge is 2.20. The summed E-state index contributed by atoms with van der Waals surface area (Å²) in [6, 6.07) is 6.03. The number of fused-ring (bicyclic) bond motifs is 1. The summed E-state index contributed by atoms with van der Waals surface area (Å²) in [4.78, 5) is 11.3. The number of hydrogen-bond donors (Lipinski definition) is 1. The summed E-state index contributed by atoms with van der Waals surface area (Å²) in [5.41, 5.74) is 2.77. The minimum absolute atomic E-state index is 0.0985. The molecule has 20 heavy (non-hydrogen) atoms. The first-order valence-electron chi connectivity index (χ1n) is 7.30. The van der Waals surface area contributed by atoms with Crippen molar-refractivity contribution in [3.63, 3.8) is 0 Å². The van der Waals surface area contributed by atoms with E-state index in [1.54, 1.807) is 0 Å². The van der Waals surface area contributed by atoms with Crippen LogP contribution in [0.4, 0.5) is 0 Å². The fraction of sp³-hybridized carbons (Fsp3) is 0.471. The number of unbranched alkanes of at least 4 members (excludes halogenated alkanes) is 1. The van der Waals surface area contributed by atoms with Crippen molar-refractivity contribution in [2.45, 2.75) is 46.5 Å². The topological polar surface area (TPSA) is 50.4 Å². The monoisotopic (exact) mass is 274 g/mol. The SMILES string of the molecule is CCCCc1ccc2oc(C(=O)O)c(CC(C)C)c2c1. The molecular weight excluding hydrogens is 252 g/mol. The Morgan fingerprint density at radius 3 is 2.70 bits per heavy atom. The molecule has 0 fully saturated rings. The van der Waals surface area contributed by atoms with Gasteiger partial charge in [0.2, 0.25) is 5.76 Å². The van der Waals surface area contributed by atoms with Gasteiger partial charge in [-0.15, -0.1) is 0 Å². The Kier molecular flexibility index (Phi) is 4.48. The van der Waals surface area contributed by atoms with Crippen LogP contribution in [-0.4, -0.2) is 11.1 Å². The van der Waals surface area contributed by atoms with Crippen LogP contribution in [0.2, 0.25) is 0 Å². The molecule has 3 heteroatoms. The molecule has 0 spiro atoms. The molecule has 0 saturated carbocycles. The van der Waals surface area contributed by atoms with Crippen molar-refractivity contribution >= 4 is 16.9 Å². The fourth-order valence-corrected chi connectivity index (χ4v) is 2.52. The van der Waals surface area contributed by atoms with Gasteiger partial charge in [-0.05, 0) is 42.9 Å². The third-order valence-electron chi connectivity index (χ3n) is 3.48. The summed E-state index contributed by atoms with van der Waals surface area (Å²) < 4.78 is 5.52. The minimum Gasteiger partial charge on any atom is -0.475 e. The predicted molar refractivity (Wildman–Crippen MR) is 80.3 cm³/mol. The van der Waals surface area contributed by atoms with Crippen molar-refractivity contribution < 1.29 is 14.3 Å². The van der Waals surface area contributed by atoms with E-state index in [0.717, 1.165) is 36.6 Å². The van der Waals surface area contributed by atoms with Crippen LogP contribution in [0.3, 0.4) is 0 Å². The second kappa shape index (κ2) is 6.12. The van der Waals surface area contributed by atoms with Crippen molar-refractivity contribution in [3.05, 3.63) is 35.1 Å². The summed E-state index contributed by atoms with van der Waals surface area (Å²) >= 11 is 0. The normalized spacial score (nSPS) is 11.4. The second-order valence-corrected chi connectivity index (χ2v) is 5.75. The zero-order chi connectivity index (χ0) is 14.7. The van der Waals surface area contributed by atoms with Crippen LogP contribution < -0.4 is 0 Å². The molecule has 0 atom stereocenters. The van der Waals surface area contributed by atoms with Gasteiger partial charge in [-0.3, -0.25) is 0 Å². The Bertz CT molecular complexity index is 608. The number of hydrogen-bond acceptors (Lipinski definition) is 2. The average Bonchev–Trinajstić information content (AvgIpc) is 2.74. The molecule has 0 unspecified atom stereocenters. The average molecular weight is 274 g/mol. The van der Waals surface area contributed by atoms with E-state index in [1.165, 1.54) is 5.56 Å². The molecule has 1 aromatic heterocycles. The molecule has 1 N–H and O–H groups in total. The van der Waals surface area contributed by atoms with Crippen LogP contribution in [0.5, 0.6) is 0 Å². The Balaban J connectivity index is 2.50. The van der Waals surface area contributed by atoms with Crippen molar-refractivity contribution in [1.29, 1.82) is 0 Å². The van der Waals surface area contributed by atoms with Gasteiger partial charge >= 0.3 is 5.97 Å². The Labute approximate surface area is 119 Å². The largest absolute Gasteiger partial charge is 0.475 e. The van der Waals surface area contributed by atoms with E-state index < -0.39 is 5.97 Å². The van der Waals surface area contributed by atoms with Gasteiger partial charge < -0.3 is 9.52 Å². The molecule has 1 aromatic carbocycles. The van der Waals surface area contributed by atoms with E-state index in [1.807, 2.05) is 12.1 Å².